The molecule has 1 radical (unpaired) electrons. The summed E-state index contributed by atoms with van der Waals surface area (Å²) >= 11 is 0. The van der Waals surface area contributed by atoms with E-state index in [0.29, 0.717) is 5.47 Å². The normalized spacial score (nSPS) is 12.7. The van der Waals surface area contributed by atoms with E-state index in [1.54, 1.807) is 25.2 Å². The second-order valence-corrected chi connectivity index (χ2v) is 2.16. The van der Waals surface area contributed by atoms with Gasteiger partial charge >= 0.3 is 0 Å². The van der Waals surface area contributed by atoms with Crippen molar-refractivity contribution < 1.29 is 9.90 Å². The molecular formula is C9H12BO2. The van der Waals surface area contributed by atoms with Gasteiger partial charge in [0, 0.05) is 0 Å². The van der Waals surface area contributed by atoms with Crippen molar-refractivity contribution in [2.24, 2.45) is 0 Å². The highest BCUT2D eigenvalue weighted by Gasteiger charge is 2.01. The summed E-state index contributed by atoms with van der Waals surface area (Å²) in [7, 11) is 1.17. The van der Waals surface area contributed by atoms with Gasteiger partial charge in [0.2, 0.25) is 5.87 Å². The van der Waals surface area contributed by atoms with Crippen LogP contribution in [0.25, 0.3) is 0 Å². The Morgan fingerprint density at radius 2 is 2.00 bits per heavy atom. The van der Waals surface area contributed by atoms with Gasteiger partial charge in [0.25, 0.3) is 7.28 Å². The second kappa shape index (κ2) is 6.46. The highest BCUT2D eigenvalue weighted by atomic mass is 16.4. The van der Waals surface area contributed by atoms with Crippen molar-refractivity contribution in [3.63, 3.8) is 0 Å². The Morgan fingerprint density at radius 3 is 2.42 bits per heavy atom. The Hall–Kier alpha value is -1.25. The second-order valence-electron chi connectivity index (χ2n) is 2.16. The van der Waals surface area contributed by atoms with Crippen molar-refractivity contribution in [2.75, 3.05) is 0 Å². The molecule has 0 aliphatic rings. The van der Waals surface area contributed by atoms with Crippen LogP contribution in [0.15, 0.2) is 35.9 Å². The van der Waals surface area contributed by atoms with Crippen LogP contribution in [0.4, 0.5) is 4.79 Å². The van der Waals surface area contributed by atoms with E-state index < -0.39 is 5.87 Å². The number of hydrogen-bond donors (Lipinski definition) is 1. The molecule has 2 nitrogen and oxygen atoms in total. The van der Waals surface area contributed by atoms with E-state index in [9.17, 15) is 4.79 Å². The topological polar surface area (TPSA) is 37.3 Å². The van der Waals surface area contributed by atoms with E-state index in [0.717, 1.165) is 0 Å². The maximum atomic E-state index is 10.3. The Bertz CT molecular complexity index is 227. The molecule has 0 rings (SSSR count). The van der Waals surface area contributed by atoms with E-state index in [2.05, 4.69) is 0 Å². The Kier molecular flexibility index (Phi) is 5.79. The van der Waals surface area contributed by atoms with Crippen LogP contribution >= 0.6 is 0 Å². The van der Waals surface area contributed by atoms with Gasteiger partial charge in [-0.3, -0.25) is 4.79 Å². The average molecular weight is 163 g/mol. The fourth-order valence-corrected chi connectivity index (χ4v) is 0.648. The summed E-state index contributed by atoms with van der Waals surface area (Å²) in [6.07, 6.45) is 9.01. The molecule has 0 amide bonds. The van der Waals surface area contributed by atoms with Gasteiger partial charge in [-0.15, -0.1) is 0 Å². The van der Waals surface area contributed by atoms with Crippen molar-refractivity contribution >= 4 is 13.1 Å². The summed E-state index contributed by atoms with van der Waals surface area (Å²) < 4.78 is 0. The van der Waals surface area contributed by atoms with E-state index in [-0.39, 0.29) is 0 Å². The van der Waals surface area contributed by atoms with Gasteiger partial charge in [-0.05, 0) is 13.8 Å². The molecule has 0 saturated heterocycles. The van der Waals surface area contributed by atoms with Gasteiger partial charge < -0.3 is 5.11 Å². The van der Waals surface area contributed by atoms with Crippen LogP contribution in [0.2, 0.25) is 0 Å². The summed E-state index contributed by atoms with van der Waals surface area (Å²) in [6.45, 7) is 3.70. The lowest BCUT2D eigenvalue weighted by atomic mass is 9.69. The van der Waals surface area contributed by atoms with Crippen molar-refractivity contribution in [1.82, 2.24) is 0 Å². The van der Waals surface area contributed by atoms with Crippen LogP contribution in [0.5, 0.6) is 0 Å². The molecular weight excluding hydrogens is 151 g/mol. The predicted molar refractivity (Wildman–Crippen MR) is 51.5 cm³/mol. The lowest BCUT2D eigenvalue weighted by Gasteiger charge is -1.91. The molecule has 0 aliphatic carbocycles. The summed E-state index contributed by atoms with van der Waals surface area (Å²) in [5.41, 5.74) is 0.695. The Morgan fingerprint density at radius 1 is 1.33 bits per heavy atom. The van der Waals surface area contributed by atoms with Crippen LogP contribution in [0.3, 0.4) is 0 Å². The van der Waals surface area contributed by atoms with Crippen molar-refractivity contribution in [3.05, 3.63) is 35.9 Å². The highest BCUT2D eigenvalue weighted by molar-refractivity contribution is 6.77. The van der Waals surface area contributed by atoms with Crippen LogP contribution in [0, 0.1) is 0 Å². The lowest BCUT2D eigenvalue weighted by Crippen LogP contribution is -2.06. The molecule has 0 spiro atoms. The molecule has 63 valence electrons. The minimum absolute atomic E-state index is 0.695. The molecule has 0 atom stereocenters. The SMILES string of the molecule is C\C=C/C=C\C([B]C(=O)O)=C/C. The van der Waals surface area contributed by atoms with Gasteiger partial charge in [0.05, 0.1) is 0 Å². The van der Waals surface area contributed by atoms with Crippen LogP contribution in [-0.4, -0.2) is 18.3 Å². The fourth-order valence-electron chi connectivity index (χ4n) is 0.648. The van der Waals surface area contributed by atoms with Crippen LogP contribution in [0.1, 0.15) is 13.8 Å². The third kappa shape index (κ3) is 5.53. The molecule has 1 N–H and O–H groups in total. The van der Waals surface area contributed by atoms with E-state index >= 15 is 0 Å². The zero-order valence-electron chi connectivity index (χ0n) is 7.32. The molecule has 0 unspecified atom stereocenters. The first-order valence-electron chi connectivity index (χ1n) is 3.74. The standard InChI is InChI=1S/C9H12BO2/c1-3-5-6-7-8(4-2)10-9(11)12/h3-7H,1-2H3,(H,11,12)/b5-3-,7-6-,8-4+. The molecule has 3 heteroatoms. The van der Waals surface area contributed by atoms with Crippen LogP contribution < -0.4 is 0 Å². The average Bonchev–Trinajstić information content (AvgIpc) is 2.02. The van der Waals surface area contributed by atoms with Gasteiger partial charge in [0.1, 0.15) is 0 Å². The maximum absolute atomic E-state index is 10.3. The zero-order chi connectivity index (χ0) is 9.40. The van der Waals surface area contributed by atoms with E-state index in [1.807, 2.05) is 19.1 Å². The minimum Gasteiger partial charge on any atom is -0.489 e. The molecule has 0 saturated carbocycles. The molecule has 0 fully saturated rings. The molecule has 0 aliphatic heterocycles. The number of hydrogen-bond acceptors (Lipinski definition) is 1. The summed E-state index contributed by atoms with van der Waals surface area (Å²) in [5.74, 6) is -0.923. The summed E-state index contributed by atoms with van der Waals surface area (Å²) in [4.78, 5) is 10.3. The lowest BCUT2D eigenvalue weighted by molar-refractivity contribution is 0.220. The molecule has 0 aromatic rings. The first kappa shape index (κ1) is 10.8. The maximum Gasteiger partial charge on any atom is 0.299 e. The number of carboxylic acid groups (broad SMARTS) is 1. The smallest absolute Gasteiger partial charge is 0.299 e. The fraction of sp³-hybridized carbons (Fsp3) is 0.222. The quantitative estimate of drug-likeness (QED) is 0.510. The first-order valence-corrected chi connectivity index (χ1v) is 3.74. The van der Waals surface area contributed by atoms with Gasteiger partial charge in [-0.1, -0.05) is 35.9 Å². The molecule has 12 heavy (non-hydrogen) atoms. The van der Waals surface area contributed by atoms with E-state index in [1.165, 1.54) is 7.28 Å². The Balaban J connectivity index is 4.10. The summed E-state index contributed by atoms with van der Waals surface area (Å²) in [5, 5.41) is 8.42. The first-order chi connectivity index (χ1) is 5.70. The Labute approximate surface area is 73.5 Å². The molecule has 0 heterocycles. The molecule has 0 bridgehead atoms. The minimum atomic E-state index is -0.923. The van der Waals surface area contributed by atoms with Crippen LogP contribution in [-0.2, 0) is 0 Å². The zero-order valence-corrected chi connectivity index (χ0v) is 7.32. The largest absolute Gasteiger partial charge is 0.489 e. The number of allylic oxidation sites excluding steroid dienone is 6. The monoisotopic (exact) mass is 163 g/mol. The van der Waals surface area contributed by atoms with Gasteiger partial charge in [-0.2, -0.15) is 0 Å². The number of carbonyl (C=O) groups is 1. The third-order valence-electron chi connectivity index (χ3n) is 1.22. The van der Waals surface area contributed by atoms with Gasteiger partial charge in [-0.25, -0.2) is 0 Å². The number of rotatable bonds is 4. The third-order valence-corrected chi connectivity index (χ3v) is 1.22. The molecule has 0 aromatic heterocycles. The summed E-state index contributed by atoms with van der Waals surface area (Å²) in [6, 6.07) is 0. The van der Waals surface area contributed by atoms with Crippen molar-refractivity contribution in [3.8, 4) is 0 Å². The predicted octanol–water partition coefficient (Wildman–Crippen LogP) is 2.40. The molecule has 0 aromatic carbocycles. The van der Waals surface area contributed by atoms with Crippen molar-refractivity contribution in [2.45, 2.75) is 13.8 Å². The van der Waals surface area contributed by atoms with E-state index in [4.69, 9.17) is 5.11 Å². The van der Waals surface area contributed by atoms with Gasteiger partial charge in [0.15, 0.2) is 0 Å². The van der Waals surface area contributed by atoms with Crippen molar-refractivity contribution in [1.29, 1.82) is 0 Å². The highest BCUT2D eigenvalue weighted by Crippen LogP contribution is 1.95.